The number of alkyl halides is 2. The molecule has 2 atom stereocenters. The van der Waals surface area contributed by atoms with Crippen molar-refractivity contribution in [2.45, 2.75) is 37.4 Å². The maximum absolute atomic E-state index is 15.1. The molecule has 0 aliphatic heterocycles. The van der Waals surface area contributed by atoms with Gasteiger partial charge < -0.3 is 9.47 Å². The Bertz CT molecular complexity index is 1070. The van der Waals surface area contributed by atoms with Gasteiger partial charge in [0.1, 0.15) is 0 Å². The van der Waals surface area contributed by atoms with E-state index >= 15 is 8.78 Å². The highest BCUT2D eigenvalue weighted by Gasteiger charge is 2.37. The first-order valence-electron chi connectivity index (χ1n) is 11.3. The first-order valence-corrected chi connectivity index (χ1v) is 11.3. The molecule has 3 nitrogen and oxygen atoms in total. The second-order valence-corrected chi connectivity index (χ2v) is 8.69. The Labute approximate surface area is 199 Å². The zero-order valence-corrected chi connectivity index (χ0v) is 19.4. The summed E-state index contributed by atoms with van der Waals surface area (Å²) < 4.78 is 40.3. The van der Waals surface area contributed by atoms with Gasteiger partial charge in [-0.3, -0.25) is 4.79 Å². The fraction of sp³-hybridized carbons (Fsp3) is 0.276. The number of allylic oxidation sites excluding steroid dienone is 4. The molecule has 0 bridgehead atoms. The van der Waals surface area contributed by atoms with Crippen LogP contribution in [0.15, 0.2) is 107 Å². The van der Waals surface area contributed by atoms with Crippen LogP contribution in [-0.4, -0.2) is 31.7 Å². The minimum atomic E-state index is -1.97. The van der Waals surface area contributed by atoms with Crippen LogP contribution >= 0.6 is 0 Å². The monoisotopic (exact) mass is 462 g/mol. The predicted molar refractivity (Wildman–Crippen MR) is 129 cm³/mol. The van der Waals surface area contributed by atoms with E-state index in [0.29, 0.717) is 35.1 Å². The molecule has 2 aromatic carbocycles. The highest BCUT2D eigenvalue weighted by Crippen LogP contribution is 2.38. The lowest BCUT2D eigenvalue weighted by atomic mass is 9.82. The average molecular weight is 463 g/mol. The zero-order valence-electron chi connectivity index (χ0n) is 19.4. The number of benzene rings is 2. The van der Waals surface area contributed by atoms with E-state index in [1.165, 1.54) is 38.5 Å². The molecule has 0 heterocycles. The summed E-state index contributed by atoms with van der Waals surface area (Å²) >= 11 is 0. The fourth-order valence-corrected chi connectivity index (χ4v) is 4.44. The van der Waals surface area contributed by atoms with Crippen LogP contribution < -0.4 is 0 Å². The fourth-order valence-electron chi connectivity index (χ4n) is 4.44. The highest BCUT2D eigenvalue weighted by atomic mass is 19.2. The van der Waals surface area contributed by atoms with Gasteiger partial charge in [0, 0.05) is 38.2 Å². The van der Waals surface area contributed by atoms with E-state index in [1.54, 1.807) is 0 Å². The van der Waals surface area contributed by atoms with E-state index in [4.69, 9.17) is 9.47 Å². The molecule has 2 aliphatic carbocycles. The van der Waals surface area contributed by atoms with Crippen molar-refractivity contribution in [1.29, 1.82) is 0 Å². The third-order valence-corrected chi connectivity index (χ3v) is 6.36. The summed E-state index contributed by atoms with van der Waals surface area (Å²) in [5.74, 6) is -4.19. The average Bonchev–Trinajstić information content (AvgIpc) is 2.85. The summed E-state index contributed by atoms with van der Waals surface area (Å²) in [6, 6.07) is 19.2. The van der Waals surface area contributed by atoms with E-state index in [9.17, 15) is 4.79 Å². The Hall–Kier alpha value is -3.15. The van der Waals surface area contributed by atoms with E-state index in [1.807, 2.05) is 60.7 Å². The minimum Gasteiger partial charge on any atom is -0.346 e. The quantitative estimate of drug-likeness (QED) is 0.470. The van der Waals surface area contributed by atoms with Crippen LogP contribution in [0.4, 0.5) is 8.78 Å². The molecule has 34 heavy (non-hydrogen) atoms. The van der Waals surface area contributed by atoms with E-state index < -0.39 is 11.7 Å². The number of hydrogen-bond donors (Lipinski definition) is 0. The molecule has 0 N–H and O–H groups in total. The van der Waals surface area contributed by atoms with Gasteiger partial charge >= 0.3 is 0 Å². The molecule has 2 aromatic rings. The number of hydrogen-bond acceptors (Lipinski definition) is 3. The summed E-state index contributed by atoms with van der Waals surface area (Å²) in [5, 5.41) is 0. The van der Waals surface area contributed by atoms with Gasteiger partial charge in [-0.25, -0.2) is 8.78 Å². The maximum atomic E-state index is 15.1. The molecular weight excluding hydrogens is 434 g/mol. The third kappa shape index (κ3) is 5.32. The minimum absolute atomic E-state index is 0.0495. The summed E-state index contributed by atoms with van der Waals surface area (Å²) in [7, 11) is 2.63. The van der Waals surface area contributed by atoms with E-state index in [-0.39, 0.29) is 18.6 Å². The maximum Gasteiger partial charge on any atom is 0.232 e. The molecule has 2 unspecified atom stereocenters. The SMILES string of the molecule is COC1(F)C=CC(C(=O)C2=C(Cc3ccccc3)CC(F)(OC)C=C2)=C(Cc2ccccc2)C1. The molecule has 0 aromatic heterocycles. The molecular formula is C29H28F2O3. The first-order chi connectivity index (χ1) is 16.3. The van der Waals surface area contributed by atoms with Crippen molar-refractivity contribution in [3.8, 4) is 0 Å². The molecule has 0 saturated heterocycles. The second-order valence-electron chi connectivity index (χ2n) is 8.69. The number of carbonyl (C=O) groups is 1. The van der Waals surface area contributed by atoms with Gasteiger partial charge in [-0.05, 0) is 59.4 Å². The van der Waals surface area contributed by atoms with Gasteiger partial charge in [-0.15, -0.1) is 0 Å². The molecule has 0 spiro atoms. The number of halogens is 2. The Morgan fingerprint density at radius 3 is 1.47 bits per heavy atom. The normalized spacial score (nSPS) is 24.6. The van der Waals surface area contributed by atoms with Crippen molar-refractivity contribution >= 4 is 5.78 Å². The number of ether oxygens (including phenoxy) is 2. The summed E-state index contributed by atoms with van der Waals surface area (Å²) in [6.45, 7) is 0. The molecule has 0 fully saturated rings. The lowest BCUT2D eigenvalue weighted by Gasteiger charge is -2.29. The van der Waals surface area contributed by atoms with Crippen LogP contribution in [0.25, 0.3) is 0 Å². The van der Waals surface area contributed by atoms with Gasteiger partial charge in [0.05, 0.1) is 0 Å². The largest absolute Gasteiger partial charge is 0.346 e. The second kappa shape index (κ2) is 10.00. The Kier molecular flexibility index (Phi) is 7.05. The lowest BCUT2D eigenvalue weighted by Crippen LogP contribution is -2.30. The van der Waals surface area contributed by atoms with E-state index in [2.05, 4.69) is 0 Å². The number of Topliss-reactive ketones (excluding diaryl/α,β-unsaturated/α-hetero) is 1. The van der Waals surface area contributed by atoms with E-state index in [0.717, 1.165) is 11.1 Å². The Balaban J connectivity index is 1.75. The number of rotatable bonds is 8. The smallest absolute Gasteiger partial charge is 0.232 e. The molecule has 0 saturated carbocycles. The highest BCUT2D eigenvalue weighted by molar-refractivity contribution is 6.13. The van der Waals surface area contributed by atoms with Crippen LogP contribution in [0, 0.1) is 0 Å². The van der Waals surface area contributed by atoms with Crippen LogP contribution in [-0.2, 0) is 27.1 Å². The molecule has 0 radical (unpaired) electrons. The van der Waals surface area contributed by atoms with Crippen LogP contribution in [0.2, 0.25) is 0 Å². The molecule has 5 heteroatoms. The van der Waals surface area contributed by atoms with Gasteiger partial charge in [0.2, 0.25) is 11.7 Å². The summed E-state index contributed by atoms with van der Waals surface area (Å²) in [4.78, 5) is 13.8. The zero-order chi connectivity index (χ0) is 24.2. The number of ketones is 1. The van der Waals surface area contributed by atoms with Crippen molar-refractivity contribution in [3.63, 3.8) is 0 Å². The molecule has 176 valence electrons. The van der Waals surface area contributed by atoms with Crippen molar-refractivity contribution in [3.05, 3.63) is 118 Å². The predicted octanol–water partition coefficient (Wildman–Crippen LogP) is 6.18. The van der Waals surface area contributed by atoms with Gasteiger partial charge in [-0.1, -0.05) is 60.7 Å². The topological polar surface area (TPSA) is 35.5 Å². The van der Waals surface area contributed by atoms with Gasteiger partial charge in [-0.2, -0.15) is 0 Å². The first kappa shape index (κ1) is 24.0. The Morgan fingerprint density at radius 1 is 0.735 bits per heavy atom. The molecule has 2 aliphatic rings. The number of carbonyl (C=O) groups excluding carboxylic acids is 1. The van der Waals surface area contributed by atoms with Gasteiger partial charge in [0.25, 0.3) is 0 Å². The standard InChI is InChI=1S/C29H28F2O3/c1-33-28(30)15-13-25(23(19-28)17-21-9-5-3-6-10-21)27(32)26-14-16-29(31,34-2)20-24(26)18-22-11-7-4-8-12-22/h3-16H,17-20H2,1-2H3. The van der Waals surface area contributed by atoms with Crippen LogP contribution in [0.3, 0.4) is 0 Å². The third-order valence-electron chi connectivity index (χ3n) is 6.36. The van der Waals surface area contributed by atoms with Gasteiger partial charge in [0.15, 0.2) is 5.78 Å². The van der Waals surface area contributed by atoms with Crippen LogP contribution in [0.1, 0.15) is 24.0 Å². The Morgan fingerprint density at radius 2 is 1.12 bits per heavy atom. The summed E-state index contributed by atoms with van der Waals surface area (Å²) in [6.07, 6.45) is 6.30. The number of methoxy groups -OCH3 is 2. The van der Waals surface area contributed by atoms with Crippen LogP contribution in [0.5, 0.6) is 0 Å². The van der Waals surface area contributed by atoms with Crippen molar-refractivity contribution < 1.29 is 23.0 Å². The van der Waals surface area contributed by atoms with Crippen molar-refractivity contribution in [1.82, 2.24) is 0 Å². The lowest BCUT2D eigenvalue weighted by molar-refractivity contribution is -0.112. The van der Waals surface area contributed by atoms with Crippen molar-refractivity contribution in [2.24, 2.45) is 0 Å². The van der Waals surface area contributed by atoms with Crippen molar-refractivity contribution in [2.75, 3.05) is 14.2 Å². The molecule has 0 amide bonds. The molecule has 4 rings (SSSR count). The summed E-state index contributed by atoms with van der Waals surface area (Å²) in [5.41, 5.74) is 4.07.